The van der Waals surface area contributed by atoms with Crippen LogP contribution in [0.4, 0.5) is 11.4 Å². The van der Waals surface area contributed by atoms with E-state index >= 15 is 0 Å². The van der Waals surface area contributed by atoms with Crippen LogP contribution in [0.3, 0.4) is 0 Å². The van der Waals surface area contributed by atoms with Crippen LogP contribution in [0.2, 0.25) is 0 Å². The van der Waals surface area contributed by atoms with Gasteiger partial charge in [-0.3, -0.25) is 9.59 Å². The van der Waals surface area contributed by atoms with E-state index in [1.165, 1.54) is 0 Å². The van der Waals surface area contributed by atoms with Crippen molar-refractivity contribution in [1.29, 1.82) is 0 Å². The minimum absolute atomic E-state index is 0.314. The summed E-state index contributed by atoms with van der Waals surface area (Å²) in [6.45, 7) is 0.402. The first-order chi connectivity index (χ1) is 16.2. The van der Waals surface area contributed by atoms with E-state index in [-0.39, 0.29) is 5.97 Å². The van der Waals surface area contributed by atoms with Crippen molar-refractivity contribution < 1.29 is 19.1 Å². The summed E-state index contributed by atoms with van der Waals surface area (Å²) in [7, 11) is 2.01. The molecule has 0 aromatic heterocycles. The maximum Gasteiger partial charge on any atom is 0.323 e. The lowest BCUT2D eigenvalue weighted by atomic mass is 9.85. The zero-order valence-corrected chi connectivity index (χ0v) is 18.0. The number of ether oxygens (including phenoxy) is 2. The summed E-state index contributed by atoms with van der Waals surface area (Å²) in [6.07, 6.45) is 0. The highest BCUT2D eigenvalue weighted by molar-refractivity contribution is 5.92. The maximum atomic E-state index is 13.4. The number of carbonyl (C=O) groups excluding carboxylic acids is 2. The van der Waals surface area contributed by atoms with Gasteiger partial charge in [0.15, 0.2) is 0 Å². The van der Waals surface area contributed by atoms with Crippen molar-refractivity contribution in [3.05, 3.63) is 108 Å². The Morgan fingerprint density at radius 1 is 0.727 bits per heavy atom. The molecule has 33 heavy (non-hydrogen) atoms. The topological polar surface area (TPSA) is 55.8 Å². The zero-order chi connectivity index (χ0) is 22.8. The number of rotatable bonds is 5. The number of hydrogen-bond acceptors (Lipinski definition) is 5. The van der Waals surface area contributed by atoms with Gasteiger partial charge in [-0.1, -0.05) is 60.7 Å². The van der Waals surface area contributed by atoms with Gasteiger partial charge in [-0.05, 0) is 58.7 Å². The highest BCUT2D eigenvalue weighted by Crippen LogP contribution is 2.45. The Morgan fingerprint density at radius 2 is 1.21 bits per heavy atom. The number of carbonyl (C=O) groups is 2. The molecule has 4 aromatic carbocycles. The van der Waals surface area contributed by atoms with Crippen molar-refractivity contribution >= 4 is 23.8 Å². The van der Waals surface area contributed by atoms with E-state index < -0.39 is 5.92 Å². The second-order valence-electron chi connectivity index (χ2n) is 7.79. The van der Waals surface area contributed by atoms with E-state index in [1.54, 1.807) is 24.3 Å². The van der Waals surface area contributed by atoms with E-state index in [4.69, 9.17) is 9.47 Å². The molecule has 4 aromatic rings. The summed E-state index contributed by atoms with van der Waals surface area (Å²) in [5.74, 6) is 0.154. The van der Waals surface area contributed by atoms with Crippen LogP contribution in [0.1, 0.15) is 17.0 Å². The zero-order valence-electron chi connectivity index (χ0n) is 18.0. The molecule has 162 valence electrons. The molecule has 5 rings (SSSR count). The van der Waals surface area contributed by atoms with Gasteiger partial charge in [0.1, 0.15) is 17.4 Å². The normalized spacial score (nSPS) is 12.5. The van der Waals surface area contributed by atoms with Gasteiger partial charge in [0.25, 0.3) is 6.47 Å². The summed E-state index contributed by atoms with van der Waals surface area (Å²) in [5, 5.41) is 0. The molecule has 0 saturated heterocycles. The largest absolute Gasteiger partial charge is 0.429 e. The standard InChI is InChI=1S/C28H21NO4/c1-29-25-8-4-2-6-23(25)27(24-7-3-5-9-26(24)29)28(31)33-22-16-12-20(13-17-22)19-10-14-21(15-11-19)32-18-30/h2-18,27H,1H3. The fourth-order valence-electron chi connectivity index (χ4n) is 4.30. The first-order valence-electron chi connectivity index (χ1n) is 10.6. The molecule has 0 atom stereocenters. The van der Waals surface area contributed by atoms with Gasteiger partial charge in [-0.2, -0.15) is 0 Å². The fourth-order valence-corrected chi connectivity index (χ4v) is 4.30. The Balaban J connectivity index is 1.40. The van der Waals surface area contributed by atoms with Crippen LogP contribution in [-0.4, -0.2) is 19.5 Å². The second-order valence-corrected chi connectivity index (χ2v) is 7.79. The lowest BCUT2D eigenvalue weighted by Crippen LogP contribution is -2.28. The molecular formula is C28H21NO4. The average molecular weight is 435 g/mol. The maximum absolute atomic E-state index is 13.4. The van der Waals surface area contributed by atoms with Crippen LogP contribution in [0.25, 0.3) is 11.1 Å². The number of hydrogen-bond donors (Lipinski definition) is 0. The van der Waals surface area contributed by atoms with Gasteiger partial charge < -0.3 is 14.4 Å². The number of para-hydroxylation sites is 2. The lowest BCUT2D eigenvalue weighted by molar-refractivity contribution is -0.135. The predicted octanol–water partition coefficient (Wildman–Crippen LogP) is 5.71. The van der Waals surface area contributed by atoms with Crippen LogP contribution in [0, 0.1) is 0 Å². The van der Waals surface area contributed by atoms with Crippen molar-refractivity contribution in [2.24, 2.45) is 0 Å². The second kappa shape index (κ2) is 8.63. The van der Waals surface area contributed by atoms with Gasteiger partial charge >= 0.3 is 5.97 Å². The Morgan fingerprint density at radius 3 is 1.73 bits per heavy atom. The van der Waals surface area contributed by atoms with Crippen LogP contribution in [-0.2, 0) is 9.59 Å². The minimum atomic E-state index is -0.501. The van der Waals surface area contributed by atoms with Gasteiger partial charge in [0.05, 0.1) is 0 Å². The summed E-state index contributed by atoms with van der Waals surface area (Å²) < 4.78 is 10.7. The third-order valence-electron chi connectivity index (χ3n) is 5.90. The molecule has 0 bridgehead atoms. The van der Waals surface area contributed by atoms with Crippen molar-refractivity contribution in [2.45, 2.75) is 5.92 Å². The van der Waals surface area contributed by atoms with E-state index in [0.717, 1.165) is 33.6 Å². The molecule has 0 unspecified atom stereocenters. The monoisotopic (exact) mass is 435 g/mol. The molecule has 5 heteroatoms. The van der Waals surface area contributed by atoms with E-state index in [1.807, 2.05) is 79.8 Å². The Bertz CT molecular complexity index is 1270. The van der Waals surface area contributed by atoms with Gasteiger partial charge in [0.2, 0.25) is 0 Å². The quantitative estimate of drug-likeness (QED) is 0.228. The summed E-state index contributed by atoms with van der Waals surface area (Å²) in [5.41, 5.74) is 5.77. The highest BCUT2D eigenvalue weighted by Gasteiger charge is 2.34. The Hall–Kier alpha value is -4.38. The van der Waals surface area contributed by atoms with Crippen molar-refractivity contribution in [2.75, 3.05) is 11.9 Å². The summed E-state index contributed by atoms with van der Waals surface area (Å²) >= 11 is 0. The van der Waals surface area contributed by atoms with Crippen LogP contribution >= 0.6 is 0 Å². The molecule has 0 amide bonds. The first kappa shape index (κ1) is 20.5. The number of fused-ring (bicyclic) bond motifs is 2. The van der Waals surface area contributed by atoms with Gasteiger partial charge in [-0.15, -0.1) is 0 Å². The summed E-state index contributed by atoms with van der Waals surface area (Å²) in [6, 6.07) is 30.4. The fraction of sp³-hybridized carbons (Fsp3) is 0.0714. The number of anilines is 2. The minimum Gasteiger partial charge on any atom is -0.429 e. The smallest absolute Gasteiger partial charge is 0.323 e. The molecule has 0 spiro atoms. The molecule has 1 heterocycles. The number of nitrogens with zero attached hydrogens (tertiary/aromatic N) is 1. The van der Waals surface area contributed by atoms with Crippen LogP contribution in [0.5, 0.6) is 11.5 Å². The SMILES string of the molecule is CN1c2ccccc2C(C(=O)Oc2ccc(-c3ccc(OC=O)cc3)cc2)c2ccccc21. The third kappa shape index (κ3) is 3.85. The van der Waals surface area contributed by atoms with Crippen molar-refractivity contribution in [3.8, 4) is 22.6 Å². The Labute approximate surface area is 191 Å². The molecule has 0 saturated carbocycles. The highest BCUT2D eigenvalue weighted by atomic mass is 16.5. The first-order valence-corrected chi connectivity index (χ1v) is 10.6. The van der Waals surface area contributed by atoms with Crippen molar-refractivity contribution in [1.82, 2.24) is 0 Å². The molecule has 0 N–H and O–H groups in total. The van der Waals surface area contributed by atoms with Crippen molar-refractivity contribution in [3.63, 3.8) is 0 Å². The molecule has 0 radical (unpaired) electrons. The number of esters is 1. The lowest BCUT2D eigenvalue weighted by Gasteiger charge is -2.34. The van der Waals surface area contributed by atoms with E-state index in [2.05, 4.69) is 4.90 Å². The molecule has 0 fully saturated rings. The number of benzene rings is 4. The average Bonchev–Trinajstić information content (AvgIpc) is 2.85. The van der Waals surface area contributed by atoms with Crippen LogP contribution in [0.15, 0.2) is 97.1 Å². The molecule has 1 aliphatic heterocycles. The molecule has 5 nitrogen and oxygen atoms in total. The molecular weight excluding hydrogens is 414 g/mol. The van der Waals surface area contributed by atoms with E-state index in [0.29, 0.717) is 18.0 Å². The van der Waals surface area contributed by atoms with Crippen LogP contribution < -0.4 is 14.4 Å². The molecule has 0 aliphatic carbocycles. The predicted molar refractivity (Wildman–Crippen MR) is 127 cm³/mol. The summed E-state index contributed by atoms with van der Waals surface area (Å²) in [4.78, 5) is 25.9. The van der Waals surface area contributed by atoms with E-state index in [9.17, 15) is 9.59 Å². The third-order valence-corrected chi connectivity index (χ3v) is 5.90. The molecule has 1 aliphatic rings. The Kier molecular flexibility index (Phi) is 5.37. The van der Waals surface area contributed by atoms with Gasteiger partial charge in [-0.25, -0.2) is 0 Å². The van der Waals surface area contributed by atoms with Gasteiger partial charge in [0, 0.05) is 18.4 Å².